The number of halogens is 1. The molecule has 1 unspecified atom stereocenters. The van der Waals surface area contributed by atoms with Gasteiger partial charge in [0.2, 0.25) is 0 Å². The SMILES string of the molecule is NNC(CSc1ccccc1Br)C1CCCCC1. The highest BCUT2D eigenvalue weighted by Crippen LogP contribution is 2.32. The predicted octanol–water partition coefficient (Wildman–Crippen LogP) is 3.95. The summed E-state index contributed by atoms with van der Waals surface area (Å²) in [6.07, 6.45) is 6.77. The van der Waals surface area contributed by atoms with Gasteiger partial charge in [0, 0.05) is 21.2 Å². The van der Waals surface area contributed by atoms with Crippen molar-refractivity contribution in [1.29, 1.82) is 0 Å². The van der Waals surface area contributed by atoms with Gasteiger partial charge in [0.15, 0.2) is 0 Å². The summed E-state index contributed by atoms with van der Waals surface area (Å²) in [5.41, 5.74) is 3.03. The molecule has 100 valence electrons. The van der Waals surface area contributed by atoms with Gasteiger partial charge in [-0.05, 0) is 46.8 Å². The summed E-state index contributed by atoms with van der Waals surface area (Å²) >= 11 is 5.48. The average Bonchev–Trinajstić information content (AvgIpc) is 2.42. The molecule has 0 bridgehead atoms. The number of thioether (sulfide) groups is 1. The van der Waals surface area contributed by atoms with Gasteiger partial charge in [-0.1, -0.05) is 31.4 Å². The molecule has 1 aromatic rings. The van der Waals surface area contributed by atoms with Crippen LogP contribution in [0.3, 0.4) is 0 Å². The van der Waals surface area contributed by atoms with Crippen LogP contribution in [0.15, 0.2) is 33.6 Å². The molecule has 0 amide bonds. The highest BCUT2D eigenvalue weighted by molar-refractivity contribution is 9.10. The molecule has 1 saturated carbocycles. The van der Waals surface area contributed by atoms with E-state index in [9.17, 15) is 0 Å². The van der Waals surface area contributed by atoms with Crippen LogP contribution in [-0.4, -0.2) is 11.8 Å². The van der Waals surface area contributed by atoms with Gasteiger partial charge in [0.1, 0.15) is 0 Å². The number of hydrogen-bond donors (Lipinski definition) is 2. The van der Waals surface area contributed by atoms with Gasteiger partial charge >= 0.3 is 0 Å². The molecule has 18 heavy (non-hydrogen) atoms. The zero-order valence-corrected chi connectivity index (χ0v) is 13.0. The minimum Gasteiger partial charge on any atom is -0.271 e. The molecular weight excluding hydrogens is 308 g/mol. The molecule has 0 aliphatic heterocycles. The Hall–Kier alpha value is -0.0300. The third-order valence-electron chi connectivity index (χ3n) is 3.69. The summed E-state index contributed by atoms with van der Waals surface area (Å²) in [5.74, 6) is 7.53. The first-order chi connectivity index (χ1) is 8.81. The number of hydrazine groups is 1. The lowest BCUT2D eigenvalue weighted by Gasteiger charge is -2.29. The minimum absolute atomic E-state index is 0.433. The lowest BCUT2D eigenvalue weighted by Crippen LogP contribution is -2.43. The molecule has 3 N–H and O–H groups in total. The van der Waals surface area contributed by atoms with Gasteiger partial charge in [0.05, 0.1) is 0 Å². The van der Waals surface area contributed by atoms with E-state index in [1.807, 2.05) is 17.8 Å². The van der Waals surface area contributed by atoms with E-state index in [1.165, 1.54) is 41.5 Å². The molecule has 4 heteroatoms. The number of hydrogen-bond acceptors (Lipinski definition) is 3. The summed E-state index contributed by atoms with van der Waals surface area (Å²) in [5, 5.41) is 0. The maximum Gasteiger partial charge on any atom is 0.0332 e. The first-order valence-corrected chi connectivity index (χ1v) is 8.42. The molecule has 0 radical (unpaired) electrons. The molecule has 1 aromatic carbocycles. The zero-order valence-electron chi connectivity index (χ0n) is 10.6. The number of nitrogens with one attached hydrogen (secondary N) is 1. The summed E-state index contributed by atoms with van der Waals surface area (Å²) in [7, 11) is 0. The Morgan fingerprint density at radius 1 is 1.28 bits per heavy atom. The highest BCUT2D eigenvalue weighted by Gasteiger charge is 2.22. The van der Waals surface area contributed by atoms with Crippen molar-refractivity contribution in [2.75, 3.05) is 5.75 Å². The third kappa shape index (κ3) is 3.98. The fraction of sp³-hybridized carbons (Fsp3) is 0.571. The van der Waals surface area contributed by atoms with E-state index in [-0.39, 0.29) is 0 Å². The van der Waals surface area contributed by atoms with Crippen LogP contribution in [0.4, 0.5) is 0 Å². The summed E-state index contributed by atoms with van der Waals surface area (Å²) in [6, 6.07) is 8.81. The first-order valence-electron chi connectivity index (χ1n) is 6.64. The largest absolute Gasteiger partial charge is 0.271 e. The van der Waals surface area contributed by atoms with Crippen molar-refractivity contribution in [3.63, 3.8) is 0 Å². The molecule has 2 nitrogen and oxygen atoms in total. The number of benzene rings is 1. The van der Waals surface area contributed by atoms with E-state index < -0.39 is 0 Å². The quantitative estimate of drug-likeness (QED) is 0.488. The van der Waals surface area contributed by atoms with Crippen molar-refractivity contribution in [1.82, 2.24) is 5.43 Å². The van der Waals surface area contributed by atoms with Crippen LogP contribution in [-0.2, 0) is 0 Å². The Labute approximate surface area is 122 Å². The topological polar surface area (TPSA) is 38.0 Å². The van der Waals surface area contributed by atoms with Crippen LogP contribution in [0.1, 0.15) is 32.1 Å². The Morgan fingerprint density at radius 2 is 2.00 bits per heavy atom. The van der Waals surface area contributed by atoms with Gasteiger partial charge < -0.3 is 0 Å². The Kier molecular flexibility index (Phi) is 6.02. The molecule has 0 spiro atoms. The molecule has 1 atom stereocenters. The van der Waals surface area contributed by atoms with Crippen molar-refractivity contribution in [3.8, 4) is 0 Å². The molecule has 0 aromatic heterocycles. The van der Waals surface area contributed by atoms with Crippen molar-refractivity contribution >= 4 is 27.7 Å². The van der Waals surface area contributed by atoms with Gasteiger partial charge in [-0.2, -0.15) is 0 Å². The first kappa shape index (κ1) is 14.4. The molecule has 0 heterocycles. The van der Waals surface area contributed by atoms with Crippen molar-refractivity contribution < 1.29 is 0 Å². The van der Waals surface area contributed by atoms with Crippen LogP contribution < -0.4 is 11.3 Å². The van der Waals surface area contributed by atoms with Crippen molar-refractivity contribution in [2.24, 2.45) is 11.8 Å². The zero-order chi connectivity index (χ0) is 12.8. The monoisotopic (exact) mass is 328 g/mol. The fourth-order valence-corrected chi connectivity index (χ4v) is 4.33. The highest BCUT2D eigenvalue weighted by atomic mass is 79.9. The predicted molar refractivity (Wildman–Crippen MR) is 82.6 cm³/mol. The van der Waals surface area contributed by atoms with Crippen LogP contribution in [0.5, 0.6) is 0 Å². The van der Waals surface area contributed by atoms with Crippen LogP contribution in [0.25, 0.3) is 0 Å². The normalized spacial score (nSPS) is 18.8. The van der Waals surface area contributed by atoms with Gasteiger partial charge in [-0.25, -0.2) is 0 Å². The van der Waals surface area contributed by atoms with E-state index in [0.717, 1.165) is 11.7 Å². The summed E-state index contributed by atoms with van der Waals surface area (Å²) in [6.45, 7) is 0. The van der Waals surface area contributed by atoms with Crippen LogP contribution in [0.2, 0.25) is 0 Å². The Balaban J connectivity index is 1.88. The van der Waals surface area contributed by atoms with E-state index in [1.54, 1.807) is 0 Å². The standard InChI is InChI=1S/C14H21BrN2S/c15-12-8-4-5-9-14(12)18-10-13(17-16)11-6-2-1-3-7-11/h4-5,8-9,11,13,17H,1-3,6-7,10,16H2. The lowest BCUT2D eigenvalue weighted by molar-refractivity contribution is 0.287. The molecule has 1 fully saturated rings. The second-order valence-electron chi connectivity index (χ2n) is 4.91. The number of rotatable bonds is 5. The molecule has 0 saturated heterocycles. The van der Waals surface area contributed by atoms with Gasteiger partial charge in [-0.3, -0.25) is 11.3 Å². The Morgan fingerprint density at radius 3 is 2.67 bits per heavy atom. The Bertz CT molecular complexity index is 367. The van der Waals surface area contributed by atoms with Crippen molar-refractivity contribution in [3.05, 3.63) is 28.7 Å². The van der Waals surface area contributed by atoms with E-state index in [2.05, 4.69) is 39.6 Å². The van der Waals surface area contributed by atoms with E-state index in [0.29, 0.717) is 6.04 Å². The minimum atomic E-state index is 0.433. The lowest BCUT2D eigenvalue weighted by atomic mass is 9.85. The van der Waals surface area contributed by atoms with Gasteiger partial charge in [0.25, 0.3) is 0 Å². The smallest absolute Gasteiger partial charge is 0.0332 e. The molecular formula is C14H21BrN2S. The fourth-order valence-electron chi connectivity index (χ4n) is 2.60. The maximum atomic E-state index is 5.73. The molecule has 1 aliphatic rings. The van der Waals surface area contributed by atoms with Gasteiger partial charge in [-0.15, -0.1) is 11.8 Å². The maximum absolute atomic E-state index is 5.73. The van der Waals surface area contributed by atoms with E-state index in [4.69, 9.17) is 5.84 Å². The number of nitrogens with two attached hydrogens (primary N) is 1. The van der Waals surface area contributed by atoms with E-state index >= 15 is 0 Å². The third-order valence-corrected chi connectivity index (χ3v) is 5.83. The summed E-state index contributed by atoms with van der Waals surface area (Å²) < 4.78 is 1.18. The van der Waals surface area contributed by atoms with Crippen LogP contribution >= 0.6 is 27.7 Å². The van der Waals surface area contributed by atoms with Crippen LogP contribution in [0, 0.1) is 5.92 Å². The average molecular weight is 329 g/mol. The molecule has 1 aliphatic carbocycles. The second kappa shape index (κ2) is 7.53. The molecule has 2 rings (SSSR count). The second-order valence-corrected chi connectivity index (χ2v) is 6.83. The van der Waals surface area contributed by atoms with Crippen molar-refractivity contribution in [2.45, 2.75) is 43.0 Å². The summed E-state index contributed by atoms with van der Waals surface area (Å²) in [4.78, 5) is 1.30.